The van der Waals surface area contributed by atoms with Crippen LogP contribution in [0.25, 0.3) is 0 Å². The minimum atomic E-state index is -1.04. The van der Waals surface area contributed by atoms with Crippen LogP contribution in [0.15, 0.2) is 60.7 Å². The van der Waals surface area contributed by atoms with Gasteiger partial charge >= 0.3 is 6.09 Å². The Morgan fingerprint density at radius 1 is 0.875 bits per heavy atom. The van der Waals surface area contributed by atoms with Crippen molar-refractivity contribution in [3.63, 3.8) is 0 Å². The van der Waals surface area contributed by atoms with E-state index in [2.05, 4.69) is 10.3 Å². The molecule has 2 heterocycles. The third-order valence-electron chi connectivity index (χ3n) is 6.53. The highest BCUT2D eigenvalue weighted by molar-refractivity contribution is 5.96. The number of carboxylic acid groups (broad SMARTS) is 1. The van der Waals surface area contributed by atoms with Crippen molar-refractivity contribution in [2.75, 3.05) is 19.6 Å². The van der Waals surface area contributed by atoms with E-state index in [9.17, 15) is 9.59 Å². The Labute approximate surface area is 230 Å². The number of carbonyl (C=O) groups is 2. The van der Waals surface area contributed by atoms with Crippen LogP contribution in [0.3, 0.4) is 0 Å². The van der Waals surface area contributed by atoms with Gasteiger partial charge in [0.15, 0.2) is 0 Å². The molecule has 0 unspecified atom stereocenters. The van der Waals surface area contributed by atoms with Crippen LogP contribution in [0.2, 0.25) is 0 Å². The first kappa shape index (κ1) is 27.9. The van der Waals surface area contributed by atoms with Crippen molar-refractivity contribution >= 4 is 23.7 Å². The summed E-state index contributed by atoms with van der Waals surface area (Å²) >= 11 is 0. The number of pyridine rings is 1. The number of nitrogens with one attached hydrogen (secondary N) is 3. The number of hydrogen-bond acceptors (Lipinski definition) is 7. The number of carbonyl (C=O) groups excluding carboxylic acids is 1. The molecule has 1 aromatic heterocycles. The number of hydrogen-bond donors (Lipinski definition) is 6. The zero-order valence-corrected chi connectivity index (χ0v) is 21.7. The molecule has 8 N–H and O–H groups in total. The van der Waals surface area contributed by atoms with E-state index in [1.807, 2.05) is 0 Å². The molecule has 2 amide bonds. The summed E-state index contributed by atoms with van der Waals surface area (Å²) in [5.74, 6) is 1.18. The number of ether oxygens (including phenoxy) is 2. The van der Waals surface area contributed by atoms with Crippen LogP contribution >= 0.6 is 0 Å². The summed E-state index contributed by atoms with van der Waals surface area (Å²) in [6.07, 6.45) is 1.24. The van der Waals surface area contributed by atoms with Gasteiger partial charge in [-0.05, 0) is 73.7 Å². The predicted octanol–water partition coefficient (Wildman–Crippen LogP) is 3.74. The van der Waals surface area contributed by atoms with Gasteiger partial charge in [-0.2, -0.15) is 4.98 Å². The Kier molecular flexibility index (Phi) is 8.79. The van der Waals surface area contributed by atoms with E-state index in [-0.39, 0.29) is 29.3 Å². The van der Waals surface area contributed by atoms with Gasteiger partial charge in [0.1, 0.15) is 23.2 Å². The normalized spacial score (nSPS) is 13.3. The molecular formula is C28H31N7O5. The first-order valence-corrected chi connectivity index (χ1v) is 12.7. The summed E-state index contributed by atoms with van der Waals surface area (Å²) in [6, 6.07) is 16.3. The first-order valence-electron chi connectivity index (χ1n) is 12.7. The number of likely N-dealkylation sites (tertiary alicyclic amines) is 1. The van der Waals surface area contributed by atoms with Crippen LogP contribution in [0.1, 0.15) is 40.7 Å². The molecule has 208 valence electrons. The summed E-state index contributed by atoms with van der Waals surface area (Å²) in [5.41, 5.74) is 12.5. The quantitative estimate of drug-likeness (QED) is 0.163. The molecule has 2 aromatic carbocycles. The van der Waals surface area contributed by atoms with Crippen molar-refractivity contribution in [3.05, 3.63) is 77.4 Å². The lowest BCUT2D eigenvalue weighted by molar-refractivity contribution is 0.0686. The fourth-order valence-corrected chi connectivity index (χ4v) is 4.35. The first-order chi connectivity index (χ1) is 19.2. The highest BCUT2D eigenvalue weighted by atomic mass is 16.5. The molecule has 0 spiro atoms. The minimum absolute atomic E-state index is 0.0642. The second kappa shape index (κ2) is 12.6. The van der Waals surface area contributed by atoms with E-state index in [1.165, 1.54) is 0 Å². The molecule has 1 aliphatic heterocycles. The molecule has 0 saturated carbocycles. The van der Waals surface area contributed by atoms with Crippen molar-refractivity contribution < 1.29 is 24.2 Å². The fourth-order valence-electron chi connectivity index (χ4n) is 4.35. The Hall–Kier alpha value is -5.13. The number of amides is 2. The number of nitrogens with zero attached hydrogens (tertiary/aromatic N) is 2. The molecular weight excluding hydrogens is 514 g/mol. The maximum Gasteiger partial charge on any atom is 0.404 e. The molecule has 12 heteroatoms. The molecule has 40 heavy (non-hydrogen) atoms. The molecule has 0 radical (unpaired) electrons. The number of amidine groups is 2. The van der Waals surface area contributed by atoms with Gasteiger partial charge in [-0.3, -0.25) is 15.6 Å². The van der Waals surface area contributed by atoms with E-state index in [1.54, 1.807) is 65.6 Å². The van der Waals surface area contributed by atoms with Crippen LogP contribution in [-0.4, -0.2) is 58.3 Å². The lowest BCUT2D eigenvalue weighted by Crippen LogP contribution is -2.39. The van der Waals surface area contributed by atoms with E-state index < -0.39 is 6.09 Å². The van der Waals surface area contributed by atoms with Gasteiger partial charge < -0.3 is 36.3 Å². The number of nitrogen functional groups attached to an aromatic ring is 2. The average molecular weight is 546 g/mol. The van der Waals surface area contributed by atoms with Crippen LogP contribution in [-0.2, 0) is 0 Å². The summed E-state index contributed by atoms with van der Waals surface area (Å²) < 4.78 is 11.9. The lowest BCUT2D eigenvalue weighted by Gasteiger charge is -2.32. The van der Waals surface area contributed by atoms with Gasteiger partial charge in [0, 0.05) is 42.9 Å². The Balaban J connectivity index is 1.53. The van der Waals surface area contributed by atoms with Crippen LogP contribution in [0.5, 0.6) is 23.3 Å². The van der Waals surface area contributed by atoms with Crippen molar-refractivity contribution in [2.45, 2.75) is 19.3 Å². The number of rotatable bonds is 10. The molecule has 1 aliphatic rings. The van der Waals surface area contributed by atoms with Crippen molar-refractivity contribution in [2.24, 2.45) is 17.4 Å². The van der Waals surface area contributed by atoms with Gasteiger partial charge in [-0.25, -0.2) is 4.79 Å². The SMILES string of the molecule is N=C(N)c1ccc(Oc2cc(C(=O)N3CCC(CCNC(=O)O)CC3)cc(Oc3ccc(C(=N)N)cc3)n2)cc1. The van der Waals surface area contributed by atoms with Crippen molar-refractivity contribution in [1.29, 1.82) is 10.8 Å². The summed E-state index contributed by atoms with van der Waals surface area (Å²) in [7, 11) is 0. The molecule has 0 aliphatic carbocycles. The largest absolute Gasteiger partial charge is 0.465 e. The monoisotopic (exact) mass is 545 g/mol. The lowest BCUT2D eigenvalue weighted by atomic mass is 9.93. The third-order valence-corrected chi connectivity index (χ3v) is 6.53. The van der Waals surface area contributed by atoms with E-state index in [0.717, 1.165) is 19.3 Å². The number of piperidine rings is 1. The number of aromatic nitrogens is 1. The smallest absolute Gasteiger partial charge is 0.404 e. The summed E-state index contributed by atoms with van der Waals surface area (Å²) in [6.45, 7) is 1.48. The number of benzene rings is 2. The minimum Gasteiger partial charge on any atom is -0.465 e. The Morgan fingerprint density at radius 2 is 1.35 bits per heavy atom. The van der Waals surface area contributed by atoms with Gasteiger partial charge in [0.2, 0.25) is 11.8 Å². The summed E-state index contributed by atoms with van der Waals surface area (Å²) in [4.78, 5) is 30.4. The van der Waals surface area contributed by atoms with Gasteiger partial charge in [-0.15, -0.1) is 0 Å². The molecule has 0 atom stereocenters. The third kappa shape index (κ3) is 7.47. The molecule has 4 rings (SSSR count). The second-order valence-electron chi connectivity index (χ2n) is 9.37. The topological polar surface area (TPSA) is 201 Å². The highest BCUT2D eigenvalue weighted by Crippen LogP contribution is 2.29. The zero-order chi connectivity index (χ0) is 28.6. The molecule has 3 aromatic rings. The molecule has 1 saturated heterocycles. The van der Waals surface area contributed by atoms with Crippen LogP contribution in [0.4, 0.5) is 4.79 Å². The molecule has 1 fully saturated rings. The Bertz CT molecular complexity index is 1310. The maximum absolute atomic E-state index is 13.5. The van der Waals surface area contributed by atoms with E-state index in [0.29, 0.717) is 53.7 Å². The zero-order valence-electron chi connectivity index (χ0n) is 21.7. The fraction of sp³-hybridized carbons (Fsp3) is 0.250. The van der Waals surface area contributed by atoms with Gasteiger partial charge in [-0.1, -0.05) is 0 Å². The highest BCUT2D eigenvalue weighted by Gasteiger charge is 2.25. The molecule has 0 bridgehead atoms. The Morgan fingerprint density at radius 3 is 1.77 bits per heavy atom. The van der Waals surface area contributed by atoms with Crippen molar-refractivity contribution in [1.82, 2.24) is 15.2 Å². The van der Waals surface area contributed by atoms with Crippen LogP contribution in [0, 0.1) is 16.7 Å². The van der Waals surface area contributed by atoms with Crippen LogP contribution < -0.4 is 26.3 Å². The molecule has 12 nitrogen and oxygen atoms in total. The second-order valence-corrected chi connectivity index (χ2v) is 9.37. The maximum atomic E-state index is 13.5. The average Bonchev–Trinajstić information content (AvgIpc) is 2.93. The van der Waals surface area contributed by atoms with Gasteiger partial charge in [0.25, 0.3) is 5.91 Å². The van der Waals surface area contributed by atoms with Gasteiger partial charge in [0.05, 0.1) is 5.56 Å². The van der Waals surface area contributed by atoms with E-state index in [4.69, 9.17) is 36.9 Å². The summed E-state index contributed by atoms with van der Waals surface area (Å²) in [5, 5.41) is 26.3. The van der Waals surface area contributed by atoms with Crippen molar-refractivity contribution in [3.8, 4) is 23.3 Å². The standard InChI is InChI=1S/C28H31N7O5/c29-25(30)18-1-5-21(6-2-18)39-23-15-20(16-24(34-23)40-22-7-3-19(4-8-22)26(31)32)27(36)35-13-10-17(11-14-35)9-12-33-28(37)38/h1-8,15-17,33H,9-14H2,(H3,29,30)(H3,31,32)(H,37,38). The predicted molar refractivity (Wildman–Crippen MR) is 149 cm³/mol. The van der Waals surface area contributed by atoms with E-state index >= 15 is 0 Å². The number of nitrogens with two attached hydrogens (primary N) is 2.